The van der Waals surface area contributed by atoms with Gasteiger partial charge in [-0.15, -0.1) is 0 Å². The van der Waals surface area contributed by atoms with E-state index in [0.717, 1.165) is 6.07 Å². The summed E-state index contributed by atoms with van der Waals surface area (Å²) in [6, 6.07) is 4.33. The Kier molecular flexibility index (Phi) is 9.22. The van der Waals surface area contributed by atoms with Gasteiger partial charge in [0.1, 0.15) is 21.9 Å². The fourth-order valence-electron chi connectivity index (χ4n) is 2.26. The molecule has 4 nitrogen and oxygen atoms in total. The summed E-state index contributed by atoms with van der Waals surface area (Å²) in [6.07, 6.45) is -0.188. The summed E-state index contributed by atoms with van der Waals surface area (Å²) in [7, 11) is 0. The second-order valence-electron chi connectivity index (χ2n) is 5.22. The van der Waals surface area contributed by atoms with Crippen molar-refractivity contribution in [2.75, 3.05) is 6.61 Å². The fraction of sp³-hybridized carbons (Fsp3) is 0.250. The molecule has 0 fully saturated rings. The molecule has 0 N–H and O–H groups in total. The van der Waals surface area contributed by atoms with Crippen LogP contribution in [0.25, 0.3) is 11.1 Å². The molecule has 1 aromatic heterocycles. The maximum absolute atomic E-state index is 14.2. The van der Waals surface area contributed by atoms with E-state index in [4.69, 9.17) is 23.2 Å². The Bertz CT molecular complexity index is 901. The van der Waals surface area contributed by atoms with Crippen LogP contribution < -0.4 is 0 Å². The van der Waals surface area contributed by atoms with E-state index >= 15 is 0 Å². The van der Waals surface area contributed by atoms with Gasteiger partial charge in [-0.2, -0.15) is 0 Å². The molecule has 0 radical (unpaired) electrons. The number of carbonyl (C=O) groups is 2. The fourth-order valence-corrected chi connectivity index (χ4v) is 2.76. The molecule has 0 bridgehead atoms. The average molecular weight is 430 g/mol. The summed E-state index contributed by atoms with van der Waals surface area (Å²) in [5.41, 5.74) is 0.344. The first-order valence-electron chi connectivity index (χ1n) is 8.44. The third kappa shape index (κ3) is 5.84. The molecule has 1 aromatic carbocycles. The number of carbonyl (C=O) groups excluding carboxylic acids is 2. The van der Waals surface area contributed by atoms with Gasteiger partial charge in [-0.1, -0.05) is 43.6 Å². The van der Waals surface area contributed by atoms with Crippen LogP contribution in [-0.2, 0) is 20.7 Å². The highest BCUT2D eigenvalue weighted by molar-refractivity contribution is 6.40. The number of Topliss-reactive ketones (excluding diaryl/α,β-unsaturated/α-hetero) is 1. The van der Waals surface area contributed by atoms with E-state index in [0.29, 0.717) is 6.07 Å². The summed E-state index contributed by atoms with van der Waals surface area (Å²) in [6.45, 7) is 9.16. The third-order valence-corrected chi connectivity index (χ3v) is 3.94. The Hall–Kier alpha value is -2.31. The van der Waals surface area contributed by atoms with Gasteiger partial charge in [0.2, 0.25) is 0 Å². The zero-order valence-electron chi connectivity index (χ0n) is 15.6. The largest absolute Gasteiger partial charge is 0.460 e. The molecule has 28 heavy (non-hydrogen) atoms. The van der Waals surface area contributed by atoms with Crippen molar-refractivity contribution in [3.05, 3.63) is 63.9 Å². The summed E-state index contributed by atoms with van der Waals surface area (Å²) in [5, 5.41) is -0.103. The maximum Gasteiger partial charge on any atom is 0.379 e. The first-order chi connectivity index (χ1) is 13.2. The first kappa shape index (κ1) is 23.7. The molecule has 0 spiro atoms. The van der Waals surface area contributed by atoms with Gasteiger partial charge in [0.15, 0.2) is 0 Å². The molecule has 2 aromatic rings. The number of hydrogen-bond acceptors (Lipinski definition) is 4. The van der Waals surface area contributed by atoms with Crippen LogP contribution in [0.3, 0.4) is 0 Å². The minimum Gasteiger partial charge on any atom is -0.460 e. The zero-order valence-corrected chi connectivity index (χ0v) is 17.1. The Balaban J connectivity index is 0.00000190. The van der Waals surface area contributed by atoms with Crippen LogP contribution >= 0.6 is 23.2 Å². The van der Waals surface area contributed by atoms with Gasteiger partial charge >= 0.3 is 5.97 Å². The minimum absolute atomic E-state index is 0.0141. The molecular weight excluding hydrogens is 411 g/mol. The number of ether oxygens (including phenoxy) is 1. The number of pyridine rings is 1. The minimum atomic E-state index is -1.05. The second kappa shape index (κ2) is 10.9. The predicted molar refractivity (Wildman–Crippen MR) is 105 cm³/mol. The van der Waals surface area contributed by atoms with E-state index in [1.807, 2.05) is 13.8 Å². The normalized spacial score (nSPS) is 9.96. The molecule has 0 aliphatic carbocycles. The van der Waals surface area contributed by atoms with Crippen molar-refractivity contribution in [1.29, 1.82) is 0 Å². The molecule has 0 atom stereocenters. The van der Waals surface area contributed by atoms with Gasteiger partial charge in [0.05, 0.1) is 6.61 Å². The highest BCUT2D eigenvalue weighted by atomic mass is 35.5. The van der Waals surface area contributed by atoms with Crippen LogP contribution in [0.15, 0.2) is 36.4 Å². The molecule has 0 saturated carbocycles. The van der Waals surface area contributed by atoms with Gasteiger partial charge in [-0.3, -0.25) is 4.79 Å². The van der Waals surface area contributed by atoms with Gasteiger partial charge in [0.25, 0.3) is 5.78 Å². The predicted octanol–water partition coefficient (Wildman–Crippen LogP) is 5.59. The lowest BCUT2D eigenvalue weighted by molar-refractivity contribution is -0.151. The number of ketones is 1. The van der Waals surface area contributed by atoms with E-state index < -0.39 is 23.4 Å². The van der Waals surface area contributed by atoms with Crippen molar-refractivity contribution in [3.63, 3.8) is 0 Å². The molecule has 0 amide bonds. The highest BCUT2D eigenvalue weighted by Crippen LogP contribution is 2.34. The standard InChI is InChI=1S/C18H13Cl2F2NO3.C2H6/c1-3-26-18(25)16(24)9(2)6-13-12(8-15(19)23-17(13)20)11-5-4-10(21)7-14(11)22;1-2/h4-5,7-8H,2-3,6H2,1H3;1-2H3. The van der Waals surface area contributed by atoms with E-state index in [9.17, 15) is 18.4 Å². The number of halogens is 4. The molecule has 0 aliphatic rings. The SMILES string of the molecule is C=C(Cc1c(-c2ccc(F)cc2F)cc(Cl)nc1Cl)C(=O)C(=O)OCC.CC. The Morgan fingerprint density at radius 1 is 1.14 bits per heavy atom. The van der Waals surface area contributed by atoms with Crippen molar-refractivity contribution >= 4 is 35.0 Å². The Morgan fingerprint density at radius 2 is 1.79 bits per heavy atom. The molecule has 0 unspecified atom stereocenters. The monoisotopic (exact) mass is 429 g/mol. The summed E-state index contributed by atoms with van der Waals surface area (Å²) in [4.78, 5) is 27.4. The van der Waals surface area contributed by atoms with E-state index in [2.05, 4.69) is 16.3 Å². The molecule has 150 valence electrons. The number of aromatic nitrogens is 1. The molecule has 1 heterocycles. The second-order valence-corrected chi connectivity index (χ2v) is 5.96. The third-order valence-electron chi connectivity index (χ3n) is 3.44. The number of nitrogens with zero attached hydrogens (tertiary/aromatic N) is 1. The number of rotatable bonds is 6. The number of hydrogen-bond donors (Lipinski definition) is 0. The van der Waals surface area contributed by atoms with Crippen LogP contribution in [0.4, 0.5) is 8.78 Å². The van der Waals surface area contributed by atoms with Gasteiger partial charge in [-0.25, -0.2) is 18.6 Å². The van der Waals surface area contributed by atoms with Gasteiger partial charge in [-0.05, 0) is 30.7 Å². The van der Waals surface area contributed by atoms with Crippen molar-refractivity contribution in [2.24, 2.45) is 0 Å². The number of esters is 1. The summed E-state index contributed by atoms with van der Waals surface area (Å²) < 4.78 is 32.0. The van der Waals surface area contributed by atoms with Gasteiger partial charge < -0.3 is 4.74 Å². The van der Waals surface area contributed by atoms with Crippen molar-refractivity contribution in [2.45, 2.75) is 27.2 Å². The van der Waals surface area contributed by atoms with E-state index in [1.165, 1.54) is 12.1 Å². The van der Waals surface area contributed by atoms with E-state index in [-0.39, 0.29) is 45.6 Å². The van der Waals surface area contributed by atoms with Gasteiger partial charge in [0, 0.05) is 29.2 Å². The summed E-state index contributed by atoms with van der Waals surface area (Å²) >= 11 is 12.0. The van der Waals surface area contributed by atoms with Crippen LogP contribution in [0, 0.1) is 11.6 Å². The smallest absolute Gasteiger partial charge is 0.379 e. The van der Waals surface area contributed by atoms with Crippen LogP contribution in [0.2, 0.25) is 10.3 Å². The Labute approximate surface area is 172 Å². The quantitative estimate of drug-likeness (QED) is 0.260. The lowest BCUT2D eigenvalue weighted by Gasteiger charge is -2.13. The maximum atomic E-state index is 14.2. The molecule has 0 saturated heterocycles. The lowest BCUT2D eigenvalue weighted by atomic mass is 9.95. The number of benzene rings is 1. The highest BCUT2D eigenvalue weighted by Gasteiger charge is 2.23. The lowest BCUT2D eigenvalue weighted by Crippen LogP contribution is -2.20. The molecule has 0 aliphatic heterocycles. The van der Waals surface area contributed by atoms with Crippen molar-refractivity contribution in [1.82, 2.24) is 4.98 Å². The topological polar surface area (TPSA) is 56.3 Å². The first-order valence-corrected chi connectivity index (χ1v) is 9.19. The van der Waals surface area contributed by atoms with Crippen LogP contribution in [0.1, 0.15) is 26.3 Å². The molecule has 8 heteroatoms. The molecule has 2 rings (SSSR count). The van der Waals surface area contributed by atoms with Crippen LogP contribution in [0.5, 0.6) is 0 Å². The average Bonchev–Trinajstić information content (AvgIpc) is 2.65. The Morgan fingerprint density at radius 3 is 2.36 bits per heavy atom. The van der Waals surface area contributed by atoms with Crippen molar-refractivity contribution in [3.8, 4) is 11.1 Å². The van der Waals surface area contributed by atoms with Crippen LogP contribution in [-0.4, -0.2) is 23.3 Å². The van der Waals surface area contributed by atoms with Crippen molar-refractivity contribution < 1.29 is 23.1 Å². The molecular formula is C20H19Cl2F2NO3. The van der Waals surface area contributed by atoms with E-state index in [1.54, 1.807) is 6.92 Å². The zero-order chi connectivity index (χ0) is 21.4. The summed E-state index contributed by atoms with van der Waals surface area (Å²) in [5.74, 6) is -3.57.